The molecule has 0 aliphatic heterocycles. The predicted octanol–water partition coefficient (Wildman–Crippen LogP) is 2.91. The van der Waals surface area contributed by atoms with Crippen LogP contribution in [0.3, 0.4) is 0 Å². The number of benzene rings is 2. The molecule has 2 amide bonds. The van der Waals surface area contributed by atoms with Gasteiger partial charge in [0, 0.05) is 6.07 Å². The van der Waals surface area contributed by atoms with Crippen molar-refractivity contribution in [3.63, 3.8) is 0 Å². The van der Waals surface area contributed by atoms with Gasteiger partial charge in [-0.3, -0.25) is 4.90 Å². The van der Waals surface area contributed by atoms with E-state index in [4.69, 9.17) is 10.5 Å². The van der Waals surface area contributed by atoms with Gasteiger partial charge in [-0.1, -0.05) is 24.3 Å². The molecule has 0 bridgehead atoms. The van der Waals surface area contributed by atoms with Crippen LogP contribution in [0.4, 0.5) is 16.2 Å². The summed E-state index contributed by atoms with van der Waals surface area (Å²) in [6.45, 7) is 0. The van der Waals surface area contributed by atoms with Crippen LogP contribution in [0.1, 0.15) is 0 Å². The maximum atomic E-state index is 11.6. The van der Waals surface area contributed by atoms with Gasteiger partial charge in [0.25, 0.3) is 0 Å². The first-order valence-electron chi connectivity index (χ1n) is 5.51. The number of ether oxygens (including phenoxy) is 1. The van der Waals surface area contributed by atoms with E-state index in [9.17, 15) is 4.79 Å². The number of carbonyl (C=O) groups is 1. The Bertz CT molecular complexity index is 541. The van der Waals surface area contributed by atoms with Crippen LogP contribution >= 0.6 is 0 Å². The summed E-state index contributed by atoms with van der Waals surface area (Å²) in [7, 11) is 1.58. The minimum atomic E-state index is -0.533. The van der Waals surface area contributed by atoms with Crippen molar-refractivity contribution in [1.29, 1.82) is 0 Å². The second-order valence-electron chi connectivity index (χ2n) is 3.71. The molecule has 4 nitrogen and oxygen atoms in total. The number of anilines is 2. The van der Waals surface area contributed by atoms with Gasteiger partial charge in [0.15, 0.2) is 0 Å². The first-order chi connectivity index (χ1) is 8.72. The lowest BCUT2D eigenvalue weighted by Gasteiger charge is -2.20. The summed E-state index contributed by atoms with van der Waals surface area (Å²) in [6, 6.07) is 15.9. The lowest BCUT2D eigenvalue weighted by atomic mass is 10.2. The van der Waals surface area contributed by atoms with Gasteiger partial charge in [-0.25, -0.2) is 4.79 Å². The molecule has 0 atom stereocenters. The summed E-state index contributed by atoms with van der Waals surface area (Å²) in [5.74, 6) is 0.676. The van der Waals surface area contributed by atoms with Crippen LogP contribution in [0.15, 0.2) is 54.6 Å². The molecule has 0 radical (unpaired) electrons. The van der Waals surface area contributed by atoms with Gasteiger partial charge in [0.2, 0.25) is 0 Å². The van der Waals surface area contributed by atoms with E-state index >= 15 is 0 Å². The minimum Gasteiger partial charge on any atom is -0.497 e. The number of primary amides is 1. The molecule has 0 heterocycles. The highest BCUT2D eigenvalue weighted by atomic mass is 16.5. The summed E-state index contributed by atoms with van der Waals surface area (Å²) >= 11 is 0. The highest BCUT2D eigenvalue weighted by molar-refractivity contribution is 5.98. The molecule has 2 aromatic carbocycles. The van der Waals surface area contributed by atoms with Crippen molar-refractivity contribution in [3.8, 4) is 5.75 Å². The molecule has 2 aromatic rings. The Balaban J connectivity index is 2.45. The number of hydrogen-bond donors (Lipinski definition) is 1. The summed E-state index contributed by atoms with van der Waals surface area (Å²) in [6.07, 6.45) is 0. The van der Waals surface area contributed by atoms with E-state index in [1.54, 1.807) is 19.2 Å². The van der Waals surface area contributed by atoms with Crippen LogP contribution in [-0.4, -0.2) is 13.1 Å². The Kier molecular flexibility index (Phi) is 3.48. The van der Waals surface area contributed by atoms with E-state index in [2.05, 4.69) is 0 Å². The third-order valence-corrected chi connectivity index (χ3v) is 2.55. The lowest BCUT2D eigenvalue weighted by Crippen LogP contribution is -2.31. The van der Waals surface area contributed by atoms with Gasteiger partial charge in [0.1, 0.15) is 5.75 Å². The fourth-order valence-corrected chi connectivity index (χ4v) is 1.73. The van der Waals surface area contributed by atoms with Crippen LogP contribution in [0.25, 0.3) is 0 Å². The van der Waals surface area contributed by atoms with Crippen molar-refractivity contribution >= 4 is 17.4 Å². The fraction of sp³-hybridized carbons (Fsp3) is 0.0714. The number of hydrogen-bond acceptors (Lipinski definition) is 2. The number of carbonyl (C=O) groups excluding carboxylic acids is 1. The molecule has 0 saturated heterocycles. The maximum absolute atomic E-state index is 11.6. The zero-order valence-corrected chi connectivity index (χ0v) is 10.0. The van der Waals surface area contributed by atoms with Crippen molar-refractivity contribution in [2.75, 3.05) is 12.0 Å². The summed E-state index contributed by atoms with van der Waals surface area (Å²) in [4.78, 5) is 13.0. The number of rotatable bonds is 3. The summed E-state index contributed by atoms with van der Waals surface area (Å²) in [5.41, 5.74) is 6.83. The number of nitrogens with zero attached hydrogens (tertiary/aromatic N) is 1. The van der Waals surface area contributed by atoms with Gasteiger partial charge in [-0.2, -0.15) is 0 Å². The molecule has 0 aromatic heterocycles. The largest absolute Gasteiger partial charge is 0.497 e. The van der Waals surface area contributed by atoms with Gasteiger partial charge >= 0.3 is 6.03 Å². The normalized spacial score (nSPS) is 9.83. The van der Waals surface area contributed by atoms with E-state index in [1.165, 1.54) is 4.90 Å². The fourth-order valence-electron chi connectivity index (χ4n) is 1.73. The molecule has 0 aliphatic carbocycles. The molecule has 18 heavy (non-hydrogen) atoms. The zero-order valence-electron chi connectivity index (χ0n) is 10.0. The molecular formula is C14H14N2O2. The Morgan fingerprint density at radius 2 is 1.72 bits per heavy atom. The quantitative estimate of drug-likeness (QED) is 0.899. The molecule has 0 aliphatic rings. The highest BCUT2D eigenvalue weighted by Gasteiger charge is 2.14. The van der Waals surface area contributed by atoms with Gasteiger partial charge in [-0.15, -0.1) is 0 Å². The molecule has 2 rings (SSSR count). The van der Waals surface area contributed by atoms with Gasteiger partial charge in [-0.05, 0) is 24.3 Å². The van der Waals surface area contributed by atoms with E-state index in [0.29, 0.717) is 11.4 Å². The SMILES string of the molecule is COc1cccc(N(C(N)=O)c2ccccc2)c1. The average molecular weight is 242 g/mol. The van der Waals surface area contributed by atoms with Crippen LogP contribution in [0, 0.1) is 0 Å². The molecular weight excluding hydrogens is 228 g/mol. The van der Waals surface area contributed by atoms with Gasteiger partial charge in [0.05, 0.1) is 18.5 Å². The topological polar surface area (TPSA) is 55.6 Å². The highest BCUT2D eigenvalue weighted by Crippen LogP contribution is 2.27. The van der Waals surface area contributed by atoms with E-state index in [0.717, 1.165) is 5.69 Å². The number of methoxy groups -OCH3 is 1. The Morgan fingerprint density at radius 3 is 2.33 bits per heavy atom. The molecule has 4 heteroatoms. The van der Waals surface area contributed by atoms with Crippen molar-refractivity contribution in [1.82, 2.24) is 0 Å². The number of amides is 2. The molecule has 0 fully saturated rings. The standard InChI is InChI=1S/C14H14N2O2/c1-18-13-9-5-8-12(10-13)16(14(15)17)11-6-3-2-4-7-11/h2-10H,1H3,(H2,15,17). The molecule has 0 spiro atoms. The molecule has 0 unspecified atom stereocenters. The Morgan fingerprint density at radius 1 is 1.06 bits per heavy atom. The Hall–Kier alpha value is -2.49. The van der Waals surface area contributed by atoms with Crippen molar-refractivity contribution in [2.24, 2.45) is 5.73 Å². The van der Waals surface area contributed by atoms with Crippen LogP contribution in [-0.2, 0) is 0 Å². The van der Waals surface area contributed by atoms with Crippen molar-refractivity contribution in [3.05, 3.63) is 54.6 Å². The second kappa shape index (κ2) is 5.23. The summed E-state index contributed by atoms with van der Waals surface area (Å²) < 4.78 is 5.14. The predicted molar refractivity (Wildman–Crippen MR) is 71.2 cm³/mol. The monoisotopic (exact) mass is 242 g/mol. The number of nitrogens with two attached hydrogens (primary N) is 1. The van der Waals surface area contributed by atoms with Crippen LogP contribution in [0.5, 0.6) is 5.75 Å². The first kappa shape index (κ1) is 12.0. The van der Waals surface area contributed by atoms with Crippen LogP contribution < -0.4 is 15.4 Å². The zero-order chi connectivity index (χ0) is 13.0. The first-order valence-corrected chi connectivity index (χ1v) is 5.51. The second-order valence-corrected chi connectivity index (χ2v) is 3.71. The van der Waals surface area contributed by atoms with Crippen molar-refractivity contribution in [2.45, 2.75) is 0 Å². The summed E-state index contributed by atoms with van der Waals surface area (Å²) in [5, 5.41) is 0. The average Bonchev–Trinajstić information content (AvgIpc) is 2.40. The van der Waals surface area contributed by atoms with E-state index in [1.807, 2.05) is 42.5 Å². The maximum Gasteiger partial charge on any atom is 0.323 e. The Labute approximate surface area is 106 Å². The smallest absolute Gasteiger partial charge is 0.323 e. The number of urea groups is 1. The minimum absolute atomic E-state index is 0.533. The lowest BCUT2D eigenvalue weighted by molar-refractivity contribution is 0.256. The third kappa shape index (κ3) is 2.43. The third-order valence-electron chi connectivity index (χ3n) is 2.55. The van der Waals surface area contributed by atoms with E-state index < -0.39 is 6.03 Å². The van der Waals surface area contributed by atoms with E-state index in [-0.39, 0.29) is 0 Å². The van der Waals surface area contributed by atoms with Gasteiger partial charge < -0.3 is 10.5 Å². The molecule has 0 saturated carbocycles. The number of para-hydroxylation sites is 1. The molecule has 92 valence electrons. The molecule has 2 N–H and O–H groups in total. The van der Waals surface area contributed by atoms with Crippen molar-refractivity contribution < 1.29 is 9.53 Å². The van der Waals surface area contributed by atoms with Crippen LogP contribution in [0.2, 0.25) is 0 Å².